The molecule has 0 aromatic heterocycles. The van der Waals surface area contributed by atoms with Gasteiger partial charge in [-0.15, -0.1) is 0 Å². The largest absolute Gasteiger partial charge is 0.0730 e. The molecule has 0 spiro atoms. The summed E-state index contributed by atoms with van der Waals surface area (Å²) < 4.78 is 0. The van der Waals surface area contributed by atoms with Gasteiger partial charge in [0.2, 0.25) is 0 Å². The van der Waals surface area contributed by atoms with Crippen LogP contribution in [0.1, 0.15) is 95.6 Å². The van der Waals surface area contributed by atoms with Crippen molar-refractivity contribution in [3.05, 3.63) is 53.6 Å². The van der Waals surface area contributed by atoms with Crippen molar-refractivity contribution < 1.29 is 0 Å². The quantitative estimate of drug-likeness (QED) is 0.284. The Morgan fingerprint density at radius 2 is 1.54 bits per heavy atom. The monoisotopic (exact) mass is 376 g/mol. The highest BCUT2D eigenvalue weighted by atomic mass is 14.2. The van der Waals surface area contributed by atoms with Gasteiger partial charge in [0.1, 0.15) is 0 Å². The lowest BCUT2D eigenvalue weighted by atomic mass is 9.79. The van der Waals surface area contributed by atoms with Crippen LogP contribution in [-0.4, -0.2) is 0 Å². The molecule has 0 aliphatic heterocycles. The third-order valence-corrected chi connectivity index (χ3v) is 6.05. The van der Waals surface area contributed by atoms with Crippen molar-refractivity contribution in [2.24, 2.45) is 11.8 Å². The van der Waals surface area contributed by atoms with Gasteiger partial charge < -0.3 is 0 Å². The van der Waals surface area contributed by atoms with Crippen molar-refractivity contribution in [1.82, 2.24) is 0 Å². The van der Waals surface area contributed by atoms with Crippen molar-refractivity contribution in [3.8, 4) is 11.8 Å². The third kappa shape index (κ3) is 9.45. The number of rotatable bonds is 10. The van der Waals surface area contributed by atoms with E-state index in [0.29, 0.717) is 0 Å². The molecule has 0 heteroatoms. The Labute approximate surface area is 174 Å². The van der Waals surface area contributed by atoms with Crippen LogP contribution in [-0.2, 0) is 6.42 Å². The summed E-state index contributed by atoms with van der Waals surface area (Å²) in [6.07, 6.45) is 24.9. The van der Waals surface area contributed by atoms with Gasteiger partial charge in [-0.1, -0.05) is 94.6 Å². The predicted octanol–water partition coefficient (Wildman–Crippen LogP) is 8.38. The highest BCUT2D eigenvalue weighted by Crippen LogP contribution is 2.32. The van der Waals surface area contributed by atoms with Gasteiger partial charge in [-0.25, -0.2) is 0 Å². The normalized spacial score (nSPS) is 19.8. The summed E-state index contributed by atoms with van der Waals surface area (Å²) in [5, 5.41) is 0. The second-order valence-electron chi connectivity index (χ2n) is 8.46. The number of hydrogen-bond donors (Lipinski definition) is 0. The van der Waals surface area contributed by atoms with Crippen LogP contribution in [0.4, 0.5) is 0 Å². The number of unbranched alkanes of at least 4 members (excludes halogenated alkanes) is 4. The van der Waals surface area contributed by atoms with Crippen LogP contribution in [0.2, 0.25) is 0 Å². The lowest BCUT2D eigenvalue weighted by Gasteiger charge is -2.26. The first-order chi connectivity index (χ1) is 13.8. The molecule has 1 aromatic rings. The fourth-order valence-electron chi connectivity index (χ4n) is 4.12. The Bertz CT molecular complexity index is 627. The molecule has 152 valence electrons. The highest BCUT2D eigenvalue weighted by Gasteiger charge is 2.18. The van der Waals surface area contributed by atoms with Gasteiger partial charge in [0.25, 0.3) is 0 Å². The van der Waals surface area contributed by atoms with E-state index in [2.05, 4.69) is 68.2 Å². The molecule has 0 radical (unpaired) electrons. The molecule has 0 unspecified atom stereocenters. The van der Waals surface area contributed by atoms with E-state index in [9.17, 15) is 0 Å². The number of hydrogen-bond acceptors (Lipinski definition) is 0. The van der Waals surface area contributed by atoms with Crippen LogP contribution >= 0.6 is 0 Å². The molecule has 1 fully saturated rings. The van der Waals surface area contributed by atoms with E-state index in [4.69, 9.17) is 0 Å². The zero-order valence-corrected chi connectivity index (χ0v) is 18.3. The van der Waals surface area contributed by atoms with Gasteiger partial charge in [0.05, 0.1) is 0 Å². The molecular formula is C28H40. The third-order valence-electron chi connectivity index (χ3n) is 6.05. The first-order valence-corrected chi connectivity index (χ1v) is 11.7. The number of benzene rings is 1. The maximum absolute atomic E-state index is 3.18. The van der Waals surface area contributed by atoms with Crippen molar-refractivity contribution in [2.75, 3.05) is 0 Å². The number of aryl methyl sites for hydroxylation is 1. The minimum absolute atomic E-state index is 0.751. The maximum atomic E-state index is 3.18. The second kappa shape index (κ2) is 14.3. The van der Waals surface area contributed by atoms with Crippen LogP contribution in [0.15, 0.2) is 42.5 Å². The van der Waals surface area contributed by atoms with E-state index in [1.54, 1.807) is 0 Å². The van der Waals surface area contributed by atoms with Gasteiger partial charge in [-0.2, -0.15) is 0 Å². The smallest absolute Gasteiger partial charge is 0.0109 e. The summed E-state index contributed by atoms with van der Waals surface area (Å²) >= 11 is 0. The molecule has 1 saturated carbocycles. The molecule has 2 rings (SSSR count). The predicted molar refractivity (Wildman–Crippen MR) is 125 cm³/mol. The molecule has 0 bridgehead atoms. The van der Waals surface area contributed by atoms with Gasteiger partial charge in [0.15, 0.2) is 0 Å². The van der Waals surface area contributed by atoms with E-state index in [1.165, 1.54) is 88.2 Å². The van der Waals surface area contributed by atoms with Gasteiger partial charge in [-0.05, 0) is 79.7 Å². The number of allylic oxidation sites excluding steroid dienone is 3. The first kappa shape index (κ1) is 22.5. The molecule has 0 saturated heterocycles. The standard InChI is InChI=1S/C28H40/c1-3-5-7-10-14-26-21-23-28(24-22-26)16-12-9-8-11-15-27-19-17-25(18-20-27)13-6-4-2/h11-12,15-20,26,28H,3-7,10,13-14,21-24H2,1-2H3/b15-11+,16-12+. The van der Waals surface area contributed by atoms with E-state index < -0.39 is 0 Å². The van der Waals surface area contributed by atoms with E-state index in [0.717, 1.165) is 11.8 Å². The summed E-state index contributed by atoms with van der Waals surface area (Å²) in [6.45, 7) is 4.53. The fourth-order valence-corrected chi connectivity index (χ4v) is 4.12. The molecule has 0 nitrogen and oxygen atoms in total. The second-order valence-corrected chi connectivity index (χ2v) is 8.46. The average molecular weight is 377 g/mol. The minimum atomic E-state index is 0.751. The van der Waals surface area contributed by atoms with Gasteiger partial charge >= 0.3 is 0 Å². The molecule has 0 amide bonds. The zero-order valence-electron chi connectivity index (χ0n) is 18.3. The molecule has 28 heavy (non-hydrogen) atoms. The van der Waals surface area contributed by atoms with Gasteiger partial charge in [0, 0.05) is 0 Å². The molecule has 1 aliphatic carbocycles. The molecule has 0 atom stereocenters. The average Bonchev–Trinajstić information content (AvgIpc) is 2.74. The Hall–Kier alpha value is -1.74. The molecule has 1 aromatic carbocycles. The molecule has 1 aliphatic rings. The van der Waals surface area contributed by atoms with Crippen molar-refractivity contribution in [2.45, 2.75) is 90.9 Å². The Balaban J connectivity index is 1.64. The van der Waals surface area contributed by atoms with Crippen LogP contribution in [0.5, 0.6) is 0 Å². The van der Waals surface area contributed by atoms with Crippen LogP contribution in [0, 0.1) is 23.7 Å². The maximum Gasteiger partial charge on any atom is -0.0109 e. The van der Waals surface area contributed by atoms with E-state index >= 15 is 0 Å². The lowest BCUT2D eigenvalue weighted by Crippen LogP contribution is -2.12. The van der Waals surface area contributed by atoms with Crippen LogP contribution in [0.25, 0.3) is 6.08 Å². The van der Waals surface area contributed by atoms with E-state index in [-0.39, 0.29) is 0 Å². The van der Waals surface area contributed by atoms with Crippen molar-refractivity contribution in [1.29, 1.82) is 0 Å². The summed E-state index contributed by atoms with van der Waals surface area (Å²) in [4.78, 5) is 0. The van der Waals surface area contributed by atoms with Crippen LogP contribution < -0.4 is 0 Å². The lowest BCUT2D eigenvalue weighted by molar-refractivity contribution is 0.289. The Morgan fingerprint density at radius 1 is 0.821 bits per heavy atom. The Kier molecular flexibility index (Phi) is 11.5. The highest BCUT2D eigenvalue weighted by molar-refractivity contribution is 5.53. The van der Waals surface area contributed by atoms with Gasteiger partial charge in [-0.3, -0.25) is 0 Å². The summed E-state index contributed by atoms with van der Waals surface area (Å²) in [5.41, 5.74) is 2.67. The summed E-state index contributed by atoms with van der Waals surface area (Å²) in [5.74, 6) is 8.08. The summed E-state index contributed by atoms with van der Waals surface area (Å²) in [7, 11) is 0. The molecule has 0 heterocycles. The summed E-state index contributed by atoms with van der Waals surface area (Å²) in [6, 6.07) is 8.87. The van der Waals surface area contributed by atoms with Crippen LogP contribution in [0.3, 0.4) is 0 Å². The first-order valence-electron chi connectivity index (χ1n) is 11.7. The zero-order chi connectivity index (χ0) is 19.9. The fraction of sp³-hybridized carbons (Fsp3) is 0.571. The van der Waals surface area contributed by atoms with E-state index in [1.807, 2.05) is 6.08 Å². The minimum Gasteiger partial charge on any atom is -0.0730 e. The molecule has 0 N–H and O–H groups in total. The van der Waals surface area contributed by atoms with Crippen molar-refractivity contribution in [3.63, 3.8) is 0 Å². The topological polar surface area (TPSA) is 0 Å². The SMILES string of the molecule is CCCCCCC1CCC(/C=C/C#C/C=C/c2ccc(CCCC)cc2)CC1. The van der Waals surface area contributed by atoms with Crippen molar-refractivity contribution >= 4 is 6.08 Å². The Morgan fingerprint density at radius 3 is 2.25 bits per heavy atom. The molecular weight excluding hydrogens is 336 g/mol.